The zero-order valence-corrected chi connectivity index (χ0v) is 9.96. The Hall–Kier alpha value is -1.56. The molecule has 98 valence electrons. The highest BCUT2D eigenvalue weighted by molar-refractivity contribution is 5.77. The highest BCUT2D eigenvalue weighted by Crippen LogP contribution is 2.31. The van der Waals surface area contributed by atoms with E-state index >= 15 is 0 Å². The highest BCUT2D eigenvalue weighted by atomic mass is 19.4. The van der Waals surface area contributed by atoms with Crippen LogP contribution < -0.4 is 5.73 Å². The Bertz CT molecular complexity index is 557. The molecule has 0 radical (unpaired) electrons. The summed E-state index contributed by atoms with van der Waals surface area (Å²) >= 11 is 0. The lowest BCUT2D eigenvalue weighted by molar-refractivity contribution is -0.137. The van der Waals surface area contributed by atoms with Gasteiger partial charge in [0.05, 0.1) is 23.1 Å². The predicted molar refractivity (Wildman–Crippen MR) is 62.9 cm³/mol. The molecule has 6 heteroatoms. The monoisotopic (exact) mass is 257 g/mol. The Kier molecular flexibility index (Phi) is 3.30. The smallest absolute Gasteiger partial charge is 0.327 e. The van der Waals surface area contributed by atoms with Gasteiger partial charge in [-0.15, -0.1) is 0 Å². The molecule has 0 atom stereocenters. The number of alkyl halides is 3. The normalized spacial score (nSPS) is 12.3. The van der Waals surface area contributed by atoms with Crippen molar-refractivity contribution in [2.75, 3.05) is 0 Å². The predicted octanol–water partition coefficient (Wildman–Crippen LogP) is 2.92. The Morgan fingerprint density at radius 1 is 1.33 bits per heavy atom. The summed E-state index contributed by atoms with van der Waals surface area (Å²) in [4.78, 5) is 4.16. The van der Waals surface area contributed by atoms with Crippen molar-refractivity contribution in [2.24, 2.45) is 5.73 Å². The molecule has 0 saturated heterocycles. The lowest BCUT2D eigenvalue weighted by Gasteiger charge is -2.07. The van der Waals surface area contributed by atoms with E-state index in [1.54, 1.807) is 0 Å². The third-order valence-electron chi connectivity index (χ3n) is 2.78. The molecule has 3 nitrogen and oxygen atoms in total. The number of halogens is 3. The van der Waals surface area contributed by atoms with Crippen LogP contribution in [0.3, 0.4) is 0 Å². The number of nitrogens with zero attached hydrogens (tertiary/aromatic N) is 2. The van der Waals surface area contributed by atoms with Gasteiger partial charge in [-0.25, -0.2) is 4.98 Å². The summed E-state index contributed by atoms with van der Waals surface area (Å²) in [5, 5.41) is 0. The number of imidazole rings is 1. The van der Waals surface area contributed by atoms with Crippen molar-refractivity contribution in [3.05, 3.63) is 29.6 Å². The van der Waals surface area contributed by atoms with Crippen LogP contribution in [0.1, 0.15) is 24.7 Å². The Morgan fingerprint density at radius 2 is 2.06 bits per heavy atom. The van der Waals surface area contributed by atoms with Gasteiger partial charge in [-0.05, 0) is 24.6 Å². The number of rotatable bonds is 3. The maximum atomic E-state index is 12.6. The van der Waals surface area contributed by atoms with Gasteiger partial charge in [0.25, 0.3) is 0 Å². The van der Waals surface area contributed by atoms with Crippen LogP contribution in [0.4, 0.5) is 13.2 Å². The van der Waals surface area contributed by atoms with E-state index in [0.29, 0.717) is 23.4 Å². The van der Waals surface area contributed by atoms with Gasteiger partial charge in [0, 0.05) is 6.54 Å². The first kappa shape index (κ1) is 12.9. The number of aromatic nitrogens is 2. The molecule has 0 saturated carbocycles. The van der Waals surface area contributed by atoms with Gasteiger partial charge in [-0.2, -0.15) is 13.2 Å². The molecule has 1 aromatic heterocycles. The van der Waals surface area contributed by atoms with E-state index in [-0.39, 0.29) is 6.54 Å². The molecule has 2 aromatic rings. The molecular formula is C12H14F3N3. The fourth-order valence-electron chi connectivity index (χ4n) is 1.98. The zero-order valence-electron chi connectivity index (χ0n) is 9.96. The number of fused-ring (bicyclic) bond motifs is 1. The summed E-state index contributed by atoms with van der Waals surface area (Å²) in [6.45, 7) is 2.92. The largest absolute Gasteiger partial charge is 0.416 e. The molecule has 0 aliphatic heterocycles. The molecule has 0 fully saturated rings. The van der Waals surface area contributed by atoms with Gasteiger partial charge in [0.15, 0.2) is 0 Å². The van der Waals surface area contributed by atoms with Gasteiger partial charge in [0.1, 0.15) is 5.82 Å². The first-order valence-corrected chi connectivity index (χ1v) is 5.73. The van der Waals surface area contributed by atoms with Gasteiger partial charge in [0.2, 0.25) is 0 Å². The maximum absolute atomic E-state index is 12.6. The van der Waals surface area contributed by atoms with E-state index in [9.17, 15) is 13.2 Å². The third-order valence-corrected chi connectivity index (χ3v) is 2.78. The van der Waals surface area contributed by atoms with Gasteiger partial charge >= 0.3 is 6.18 Å². The molecule has 0 aliphatic carbocycles. The molecule has 0 aliphatic rings. The quantitative estimate of drug-likeness (QED) is 0.918. The summed E-state index contributed by atoms with van der Waals surface area (Å²) in [5.74, 6) is 0.617. The molecule has 1 aromatic carbocycles. The standard InChI is InChI=1S/C12H14F3N3/c1-2-5-18-10-4-3-8(12(13,14)15)6-9(10)17-11(18)7-16/h3-4,6H,2,5,7,16H2,1H3. The van der Waals surface area contributed by atoms with Crippen molar-refractivity contribution in [1.29, 1.82) is 0 Å². The van der Waals surface area contributed by atoms with Gasteiger partial charge in [-0.1, -0.05) is 6.92 Å². The summed E-state index contributed by atoms with van der Waals surface area (Å²) in [6.07, 6.45) is -3.47. The highest BCUT2D eigenvalue weighted by Gasteiger charge is 2.31. The van der Waals surface area contributed by atoms with Crippen LogP contribution in [0.2, 0.25) is 0 Å². The number of nitrogens with two attached hydrogens (primary N) is 1. The van der Waals surface area contributed by atoms with Crippen molar-refractivity contribution < 1.29 is 13.2 Å². The zero-order chi connectivity index (χ0) is 13.3. The van der Waals surface area contributed by atoms with E-state index in [2.05, 4.69) is 4.98 Å². The van der Waals surface area contributed by atoms with Gasteiger partial charge in [-0.3, -0.25) is 0 Å². The number of aryl methyl sites for hydroxylation is 1. The Morgan fingerprint density at radius 3 is 2.61 bits per heavy atom. The van der Waals surface area contributed by atoms with Crippen molar-refractivity contribution in [2.45, 2.75) is 32.6 Å². The van der Waals surface area contributed by atoms with Crippen molar-refractivity contribution in [1.82, 2.24) is 9.55 Å². The number of hydrogen-bond acceptors (Lipinski definition) is 2. The van der Waals surface area contributed by atoms with Crippen LogP contribution in [-0.4, -0.2) is 9.55 Å². The van der Waals surface area contributed by atoms with Crippen LogP contribution in [-0.2, 0) is 19.3 Å². The van der Waals surface area contributed by atoms with E-state index in [1.165, 1.54) is 6.07 Å². The average molecular weight is 257 g/mol. The Balaban J connectivity index is 2.59. The first-order chi connectivity index (χ1) is 8.47. The van der Waals surface area contributed by atoms with E-state index < -0.39 is 11.7 Å². The molecular weight excluding hydrogens is 243 g/mol. The first-order valence-electron chi connectivity index (χ1n) is 5.73. The third kappa shape index (κ3) is 2.20. The van der Waals surface area contributed by atoms with Gasteiger partial charge < -0.3 is 10.3 Å². The Labute approximate surface area is 102 Å². The number of benzene rings is 1. The van der Waals surface area contributed by atoms with Crippen LogP contribution in [0.5, 0.6) is 0 Å². The van der Waals surface area contributed by atoms with Crippen LogP contribution >= 0.6 is 0 Å². The molecule has 0 amide bonds. The molecule has 0 bridgehead atoms. The second-order valence-electron chi connectivity index (χ2n) is 4.09. The minimum absolute atomic E-state index is 0.218. The van der Waals surface area contributed by atoms with Crippen LogP contribution in [0.15, 0.2) is 18.2 Å². The molecule has 0 spiro atoms. The fraction of sp³-hybridized carbons (Fsp3) is 0.417. The minimum atomic E-state index is -4.34. The van der Waals surface area contributed by atoms with E-state index in [1.807, 2.05) is 11.5 Å². The lowest BCUT2D eigenvalue weighted by atomic mass is 10.2. The second kappa shape index (κ2) is 4.61. The molecule has 2 rings (SSSR count). The summed E-state index contributed by atoms with van der Waals surface area (Å²) < 4.78 is 39.7. The van der Waals surface area contributed by atoms with Crippen molar-refractivity contribution >= 4 is 11.0 Å². The van der Waals surface area contributed by atoms with Crippen LogP contribution in [0.25, 0.3) is 11.0 Å². The lowest BCUT2D eigenvalue weighted by Crippen LogP contribution is -2.08. The maximum Gasteiger partial charge on any atom is 0.416 e. The number of hydrogen-bond donors (Lipinski definition) is 1. The summed E-state index contributed by atoms with van der Waals surface area (Å²) in [7, 11) is 0. The van der Waals surface area contributed by atoms with Crippen LogP contribution in [0, 0.1) is 0 Å². The molecule has 18 heavy (non-hydrogen) atoms. The fourth-order valence-corrected chi connectivity index (χ4v) is 1.98. The second-order valence-corrected chi connectivity index (χ2v) is 4.09. The van der Waals surface area contributed by atoms with Crippen molar-refractivity contribution in [3.8, 4) is 0 Å². The topological polar surface area (TPSA) is 43.8 Å². The molecule has 2 N–H and O–H groups in total. The molecule has 1 heterocycles. The van der Waals surface area contributed by atoms with E-state index in [0.717, 1.165) is 18.6 Å². The van der Waals surface area contributed by atoms with Crippen molar-refractivity contribution in [3.63, 3.8) is 0 Å². The summed E-state index contributed by atoms with van der Waals surface area (Å²) in [6, 6.07) is 3.61. The van der Waals surface area contributed by atoms with E-state index in [4.69, 9.17) is 5.73 Å². The average Bonchev–Trinajstić information content (AvgIpc) is 2.66. The summed E-state index contributed by atoms with van der Waals surface area (Å²) in [5.41, 5.74) is 5.93. The minimum Gasteiger partial charge on any atom is -0.327 e. The SMILES string of the molecule is CCCn1c(CN)nc2cc(C(F)(F)F)ccc21. The molecule has 0 unspecified atom stereocenters.